The summed E-state index contributed by atoms with van der Waals surface area (Å²) < 4.78 is 1.83. The molecule has 2 aromatic rings. The van der Waals surface area contributed by atoms with Crippen LogP contribution in [0.2, 0.25) is 0 Å². The molecule has 0 aliphatic carbocycles. The Morgan fingerprint density at radius 2 is 1.80 bits per heavy atom. The summed E-state index contributed by atoms with van der Waals surface area (Å²) in [6.45, 7) is 7.67. The topological polar surface area (TPSA) is 34.0 Å². The second-order valence-corrected chi connectivity index (χ2v) is 5.14. The van der Waals surface area contributed by atoms with Gasteiger partial charge in [-0.15, -0.1) is 0 Å². The zero-order valence-corrected chi connectivity index (χ0v) is 12.4. The molecule has 0 aliphatic heterocycles. The second kappa shape index (κ2) is 6.53. The van der Waals surface area contributed by atoms with Gasteiger partial charge in [-0.1, -0.05) is 42.8 Å². The summed E-state index contributed by atoms with van der Waals surface area (Å²) in [5.41, 5.74) is 3.51. The predicted octanol–water partition coefficient (Wildman–Crippen LogP) is 2.82. The van der Waals surface area contributed by atoms with Crippen molar-refractivity contribution in [2.24, 2.45) is 0 Å². The molecule has 1 atom stereocenters. The van der Waals surface area contributed by atoms with Gasteiger partial charge in [-0.05, 0) is 32.0 Å². The van der Waals surface area contributed by atoms with Gasteiger partial charge in [0.2, 0.25) is 0 Å². The fourth-order valence-corrected chi connectivity index (χ4v) is 2.37. The van der Waals surface area contributed by atoms with Gasteiger partial charge in [-0.25, -0.2) is 0 Å². The Bertz CT molecular complexity index is 614. The standard InChI is InChI=1S/C17H22N2O/c1-4-18-16(15-10-8-13(2)9-11-15)12-19-14(3)6-5-7-17(19)20/h5-11,16,18H,4,12H2,1-3H3. The third kappa shape index (κ3) is 3.36. The van der Waals surface area contributed by atoms with Crippen molar-refractivity contribution in [2.45, 2.75) is 33.4 Å². The van der Waals surface area contributed by atoms with Crippen LogP contribution in [0.15, 0.2) is 47.3 Å². The molecule has 0 spiro atoms. The minimum Gasteiger partial charge on any atom is -0.311 e. The minimum atomic E-state index is 0.0556. The molecular weight excluding hydrogens is 248 g/mol. The van der Waals surface area contributed by atoms with Crippen molar-refractivity contribution in [1.29, 1.82) is 0 Å². The van der Waals surface area contributed by atoms with E-state index in [1.54, 1.807) is 6.07 Å². The molecule has 20 heavy (non-hydrogen) atoms. The lowest BCUT2D eigenvalue weighted by molar-refractivity contribution is 0.461. The number of rotatable bonds is 5. The largest absolute Gasteiger partial charge is 0.311 e. The first-order valence-corrected chi connectivity index (χ1v) is 7.08. The molecule has 106 valence electrons. The van der Waals surface area contributed by atoms with Crippen LogP contribution in [0.1, 0.15) is 29.8 Å². The van der Waals surface area contributed by atoms with Gasteiger partial charge in [0.1, 0.15) is 0 Å². The maximum Gasteiger partial charge on any atom is 0.250 e. The number of aryl methyl sites for hydroxylation is 2. The third-order valence-corrected chi connectivity index (χ3v) is 3.56. The molecule has 1 aromatic heterocycles. The van der Waals surface area contributed by atoms with Crippen molar-refractivity contribution in [3.05, 3.63) is 69.6 Å². The van der Waals surface area contributed by atoms with E-state index in [9.17, 15) is 4.79 Å². The number of nitrogens with one attached hydrogen (secondary N) is 1. The number of hydrogen-bond donors (Lipinski definition) is 1. The zero-order chi connectivity index (χ0) is 14.5. The van der Waals surface area contributed by atoms with Crippen molar-refractivity contribution < 1.29 is 0 Å². The second-order valence-electron chi connectivity index (χ2n) is 5.14. The fraction of sp³-hybridized carbons (Fsp3) is 0.353. The van der Waals surface area contributed by atoms with Crippen LogP contribution in [-0.4, -0.2) is 11.1 Å². The molecule has 1 heterocycles. The maximum atomic E-state index is 12.0. The molecule has 3 heteroatoms. The van der Waals surface area contributed by atoms with E-state index in [4.69, 9.17) is 0 Å². The lowest BCUT2D eigenvalue weighted by Gasteiger charge is -2.21. The summed E-state index contributed by atoms with van der Waals surface area (Å²) >= 11 is 0. The summed E-state index contributed by atoms with van der Waals surface area (Å²) in [7, 11) is 0. The van der Waals surface area contributed by atoms with Gasteiger partial charge in [0.15, 0.2) is 0 Å². The Balaban J connectivity index is 2.30. The monoisotopic (exact) mass is 270 g/mol. The van der Waals surface area contributed by atoms with Gasteiger partial charge in [0.25, 0.3) is 5.56 Å². The Labute approximate surface area is 120 Å². The van der Waals surface area contributed by atoms with Crippen molar-refractivity contribution >= 4 is 0 Å². The Kier molecular flexibility index (Phi) is 4.74. The lowest BCUT2D eigenvalue weighted by Crippen LogP contribution is -2.31. The van der Waals surface area contributed by atoms with E-state index in [1.807, 2.05) is 23.6 Å². The molecular formula is C17H22N2O. The number of likely N-dealkylation sites (N-methyl/N-ethyl adjacent to an activating group) is 1. The number of hydrogen-bond acceptors (Lipinski definition) is 2. The van der Waals surface area contributed by atoms with Crippen LogP contribution in [0.3, 0.4) is 0 Å². The first-order chi connectivity index (χ1) is 9.61. The summed E-state index contributed by atoms with van der Waals surface area (Å²) in [4.78, 5) is 12.0. The predicted molar refractivity (Wildman–Crippen MR) is 83.0 cm³/mol. The van der Waals surface area contributed by atoms with Crippen LogP contribution < -0.4 is 10.9 Å². The van der Waals surface area contributed by atoms with Gasteiger partial charge in [0, 0.05) is 18.3 Å². The van der Waals surface area contributed by atoms with Crippen LogP contribution in [0.4, 0.5) is 0 Å². The van der Waals surface area contributed by atoms with Crippen LogP contribution in [-0.2, 0) is 6.54 Å². The highest BCUT2D eigenvalue weighted by Crippen LogP contribution is 2.16. The van der Waals surface area contributed by atoms with E-state index in [0.717, 1.165) is 12.2 Å². The molecule has 0 saturated heterocycles. The first kappa shape index (κ1) is 14.5. The Hall–Kier alpha value is -1.87. The summed E-state index contributed by atoms with van der Waals surface area (Å²) in [5.74, 6) is 0. The highest BCUT2D eigenvalue weighted by Gasteiger charge is 2.12. The Morgan fingerprint density at radius 1 is 1.10 bits per heavy atom. The van der Waals surface area contributed by atoms with Gasteiger partial charge >= 0.3 is 0 Å². The van der Waals surface area contributed by atoms with Crippen LogP contribution >= 0.6 is 0 Å². The normalized spacial score (nSPS) is 12.3. The molecule has 2 rings (SSSR count). The SMILES string of the molecule is CCNC(Cn1c(C)cccc1=O)c1ccc(C)cc1. The quantitative estimate of drug-likeness (QED) is 0.906. The minimum absolute atomic E-state index is 0.0556. The van der Waals surface area contributed by atoms with E-state index in [2.05, 4.69) is 43.4 Å². The highest BCUT2D eigenvalue weighted by atomic mass is 16.1. The Morgan fingerprint density at radius 3 is 2.40 bits per heavy atom. The molecule has 1 aromatic carbocycles. The zero-order valence-electron chi connectivity index (χ0n) is 12.4. The summed E-state index contributed by atoms with van der Waals surface area (Å²) in [5, 5.41) is 3.46. The smallest absolute Gasteiger partial charge is 0.250 e. The molecule has 1 unspecified atom stereocenters. The van der Waals surface area contributed by atoms with Gasteiger partial charge in [0.05, 0.1) is 6.04 Å². The average molecular weight is 270 g/mol. The number of pyridine rings is 1. The van der Waals surface area contributed by atoms with Crippen molar-refractivity contribution in [3.8, 4) is 0 Å². The van der Waals surface area contributed by atoms with E-state index < -0.39 is 0 Å². The number of aromatic nitrogens is 1. The molecule has 1 N–H and O–H groups in total. The molecule has 0 aliphatic rings. The molecule has 0 radical (unpaired) electrons. The van der Waals surface area contributed by atoms with Gasteiger partial charge in [-0.2, -0.15) is 0 Å². The lowest BCUT2D eigenvalue weighted by atomic mass is 10.0. The van der Waals surface area contributed by atoms with Gasteiger partial charge in [-0.3, -0.25) is 4.79 Å². The molecule has 0 bridgehead atoms. The first-order valence-electron chi connectivity index (χ1n) is 7.08. The highest BCUT2D eigenvalue weighted by molar-refractivity contribution is 5.24. The van der Waals surface area contributed by atoms with E-state index >= 15 is 0 Å². The van der Waals surface area contributed by atoms with Gasteiger partial charge < -0.3 is 9.88 Å². The maximum absolute atomic E-state index is 12.0. The van der Waals surface area contributed by atoms with Crippen molar-refractivity contribution in [1.82, 2.24) is 9.88 Å². The average Bonchev–Trinajstić information content (AvgIpc) is 2.43. The van der Waals surface area contributed by atoms with Crippen molar-refractivity contribution in [3.63, 3.8) is 0 Å². The molecule has 0 amide bonds. The third-order valence-electron chi connectivity index (χ3n) is 3.56. The summed E-state index contributed by atoms with van der Waals surface area (Å²) in [6.07, 6.45) is 0. The molecule has 0 fully saturated rings. The van der Waals surface area contributed by atoms with E-state index in [1.165, 1.54) is 11.1 Å². The number of nitrogens with zero attached hydrogens (tertiary/aromatic N) is 1. The van der Waals surface area contributed by atoms with Crippen LogP contribution in [0.25, 0.3) is 0 Å². The number of benzene rings is 1. The van der Waals surface area contributed by atoms with E-state index in [0.29, 0.717) is 6.54 Å². The van der Waals surface area contributed by atoms with E-state index in [-0.39, 0.29) is 11.6 Å². The molecule has 0 saturated carbocycles. The van der Waals surface area contributed by atoms with Crippen LogP contribution in [0, 0.1) is 13.8 Å². The molecule has 3 nitrogen and oxygen atoms in total. The van der Waals surface area contributed by atoms with Crippen molar-refractivity contribution in [2.75, 3.05) is 6.54 Å². The summed E-state index contributed by atoms with van der Waals surface area (Å²) in [6, 6.07) is 14.0. The van der Waals surface area contributed by atoms with Crippen LogP contribution in [0.5, 0.6) is 0 Å². The fourth-order valence-electron chi connectivity index (χ4n) is 2.37.